The molecule has 2 fully saturated rings. The van der Waals surface area contributed by atoms with Gasteiger partial charge in [-0.05, 0) is 62.6 Å². The summed E-state index contributed by atoms with van der Waals surface area (Å²) in [6.07, 6.45) is 9.48. The summed E-state index contributed by atoms with van der Waals surface area (Å²) >= 11 is 0. The zero-order valence-electron chi connectivity index (χ0n) is 23.1. The van der Waals surface area contributed by atoms with Crippen LogP contribution in [0.2, 0.25) is 0 Å². The molecule has 7 atom stereocenters. The van der Waals surface area contributed by atoms with E-state index < -0.39 is 40.7 Å². The molecule has 2 bridgehead atoms. The molecule has 3 heterocycles. The van der Waals surface area contributed by atoms with Crippen LogP contribution < -0.4 is 0 Å². The molecule has 2 aromatic rings. The second kappa shape index (κ2) is 11.8. The molecule has 0 amide bonds. The normalized spacial score (nSPS) is 34.4. The Balaban J connectivity index is 0.000000208. The lowest BCUT2D eigenvalue weighted by Crippen LogP contribution is -2.62. The van der Waals surface area contributed by atoms with E-state index in [4.69, 9.17) is 9.29 Å². The van der Waals surface area contributed by atoms with Crippen LogP contribution in [0.15, 0.2) is 78.0 Å². The summed E-state index contributed by atoms with van der Waals surface area (Å²) in [5, 5.41) is 23.0. The molecule has 7 rings (SSSR count). The lowest BCUT2D eigenvalue weighted by atomic mass is 9.50. The van der Waals surface area contributed by atoms with Gasteiger partial charge in [-0.25, -0.2) is 0 Å². The van der Waals surface area contributed by atoms with Gasteiger partial charge in [-0.2, -0.15) is 21.6 Å². The van der Waals surface area contributed by atoms with Crippen molar-refractivity contribution in [3.63, 3.8) is 0 Å². The van der Waals surface area contributed by atoms with Crippen molar-refractivity contribution in [1.82, 2.24) is 9.88 Å². The predicted molar refractivity (Wildman–Crippen MR) is 151 cm³/mol. The number of halogens is 3. The predicted octanol–water partition coefficient (Wildman–Crippen LogP) is 4.07. The molecule has 228 valence electrons. The first kappa shape index (κ1) is 30.8. The minimum Gasteiger partial charge on any atom is -0.386 e. The van der Waals surface area contributed by atoms with E-state index in [1.165, 1.54) is 5.39 Å². The molecule has 0 radical (unpaired) electrons. The van der Waals surface area contributed by atoms with Gasteiger partial charge in [0.1, 0.15) is 11.7 Å². The van der Waals surface area contributed by atoms with Crippen LogP contribution in [0.4, 0.5) is 13.2 Å². The first-order valence-corrected chi connectivity index (χ1v) is 15.5. The fourth-order valence-electron chi connectivity index (χ4n) is 7.65. The van der Waals surface area contributed by atoms with Crippen molar-refractivity contribution in [1.29, 1.82) is 0 Å². The molecule has 3 N–H and O–H groups in total. The first-order chi connectivity index (χ1) is 19.9. The van der Waals surface area contributed by atoms with Crippen molar-refractivity contribution in [3.8, 4) is 0 Å². The number of aliphatic hydroxyl groups excluding tert-OH is 2. The number of aromatic nitrogens is 1. The van der Waals surface area contributed by atoms with Gasteiger partial charge in [0.25, 0.3) is 10.1 Å². The quantitative estimate of drug-likeness (QED) is 0.351. The molecule has 2 unspecified atom stereocenters. The monoisotopic (exact) mass is 608 g/mol. The second-order valence-electron chi connectivity index (χ2n) is 11.4. The number of para-hydroxylation sites is 1. The van der Waals surface area contributed by atoms with E-state index in [-0.39, 0.29) is 29.9 Å². The minimum absolute atomic E-state index is 0.181. The molecular weight excluding hydrogens is 573 g/mol. The third-order valence-corrected chi connectivity index (χ3v) is 9.99. The topological polar surface area (TPSA) is 120 Å². The number of rotatable bonds is 4. The van der Waals surface area contributed by atoms with Gasteiger partial charge in [0, 0.05) is 29.0 Å². The Morgan fingerprint density at radius 2 is 1.83 bits per heavy atom. The fourth-order valence-corrected chi connectivity index (χ4v) is 8.16. The Labute approximate surface area is 242 Å². The van der Waals surface area contributed by atoms with Crippen LogP contribution in [0.3, 0.4) is 0 Å². The van der Waals surface area contributed by atoms with Gasteiger partial charge < -0.3 is 19.8 Å². The zero-order valence-corrected chi connectivity index (χ0v) is 23.9. The molecule has 1 aromatic carbocycles. The molecule has 1 aromatic heterocycles. The number of hydrogen-bond acceptors (Lipinski definition) is 7. The van der Waals surface area contributed by atoms with E-state index >= 15 is 0 Å². The summed E-state index contributed by atoms with van der Waals surface area (Å²) in [7, 11) is -1.95. The number of hydrogen-bond donors (Lipinski definition) is 3. The number of likely N-dealkylation sites (tertiary alicyclic amines) is 1. The minimum atomic E-state index is -4.09. The molecule has 12 heteroatoms. The van der Waals surface area contributed by atoms with Gasteiger partial charge in [0.05, 0.1) is 23.5 Å². The number of piperidine rings is 1. The SMILES string of the molecule is CN1CC[C@]23C4=C5C=CC(O)C4(CCCS(=O)(=O)O)O[C@H]2[C@@H](O)C=C[C@H]3[C@H]1C5.FC(F)F.c1ccc2ncccc2c1. The average molecular weight is 609 g/mol. The van der Waals surface area contributed by atoms with Gasteiger partial charge in [-0.3, -0.25) is 9.54 Å². The maximum absolute atomic E-state index is 11.3. The summed E-state index contributed by atoms with van der Waals surface area (Å²) in [5.74, 6) is -0.176. The highest BCUT2D eigenvalue weighted by Gasteiger charge is 2.71. The van der Waals surface area contributed by atoms with Crippen LogP contribution in [0, 0.1) is 11.3 Å². The van der Waals surface area contributed by atoms with Crippen molar-refractivity contribution in [2.45, 2.75) is 62.3 Å². The summed E-state index contributed by atoms with van der Waals surface area (Å²) in [4.78, 5) is 6.55. The molecule has 5 aliphatic rings. The van der Waals surface area contributed by atoms with Crippen molar-refractivity contribution in [2.24, 2.45) is 11.3 Å². The van der Waals surface area contributed by atoms with Crippen molar-refractivity contribution < 1.29 is 41.1 Å². The van der Waals surface area contributed by atoms with Crippen LogP contribution in [0.5, 0.6) is 0 Å². The lowest BCUT2D eigenvalue weighted by Gasteiger charge is -2.58. The third kappa shape index (κ3) is 5.56. The number of pyridine rings is 1. The summed E-state index contributed by atoms with van der Waals surface area (Å²) in [6, 6.07) is 12.4. The number of fused-ring (bicyclic) bond motifs is 1. The van der Waals surface area contributed by atoms with Crippen molar-refractivity contribution in [3.05, 3.63) is 78.0 Å². The molecule has 1 spiro atoms. The molecular formula is C30H35F3N2O6S. The molecule has 3 aliphatic carbocycles. The second-order valence-corrected chi connectivity index (χ2v) is 13.0. The van der Waals surface area contributed by atoms with E-state index in [9.17, 15) is 31.8 Å². The van der Waals surface area contributed by atoms with E-state index in [0.29, 0.717) is 6.04 Å². The van der Waals surface area contributed by atoms with Gasteiger partial charge in [0.15, 0.2) is 0 Å². The highest BCUT2D eigenvalue weighted by atomic mass is 32.2. The largest absolute Gasteiger partial charge is 0.386 e. The Kier molecular flexibility index (Phi) is 8.68. The molecule has 42 heavy (non-hydrogen) atoms. The van der Waals surface area contributed by atoms with Crippen LogP contribution in [0.25, 0.3) is 10.9 Å². The van der Waals surface area contributed by atoms with E-state index in [0.717, 1.165) is 36.0 Å². The van der Waals surface area contributed by atoms with E-state index in [1.807, 2.05) is 42.6 Å². The molecule has 2 saturated heterocycles. The molecule has 8 nitrogen and oxygen atoms in total. The summed E-state index contributed by atoms with van der Waals surface area (Å²) in [5.41, 5.74) is 1.86. The zero-order chi connectivity index (χ0) is 30.3. The summed E-state index contributed by atoms with van der Waals surface area (Å²) < 4.78 is 67.2. The number of benzene rings is 1. The van der Waals surface area contributed by atoms with E-state index in [2.05, 4.69) is 35.1 Å². The van der Waals surface area contributed by atoms with Crippen molar-refractivity contribution in [2.75, 3.05) is 19.3 Å². The average Bonchev–Trinajstić information content (AvgIpc) is 3.25. The summed E-state index contributed by atoms with van der Waals surface area (Å²) in [6.45, 7) is -2.78. The maximum atomic E-state index is 11.3. The Morgan fingerprint density at radius 3 is 2.55 bits per heavy atom. The van der Waals surface area contributed by atoms with Crippen LogP contribution >= 0.6 is 0 Å². The third-order valence-electron chi connectivity index (χ3n) is 9.18. The number of allylic oxidation sites excluding steroid dienone is 1. The molecule has 2 aliphatic heterocycles. The van der Waals surface area contributed by atoms with Gasteiger partial charge >= 0.3 is 6.68 Å². The fraction of sp³-hybridized carbons (Fsp3) is 0.500. The Morgan fingerprint density at radius 1 is 1.12 bits per heavy atom. The lowest BCUT2D eigenvalue weighted by molar-refractivity contribution is -0.143. The van der Waals surface area contributed by atoms with Gasteiger partial charge in [-0.1, -0.05) is 48.6 Å². The van der Waals surface area contributed by atoms with Crippen LogP contribution in [-0.2, 0) is 14.9 Å². The maximum Gasteiger partial charge on any atom is 0.379 e. The first-order valence-electron chi connectivity index (χ1n) is 13.9. The van der Waals surface area contributed by atoms with Crippen LogP contribution in [-0.4, -0.2) is 89.0 Å². The highest BCUT2D eigenvalue weighted by molar-refractivity contribution is 7.85. The highest BCUT2D eigenvalue weighted by Crippen LogP contribution is 2.67. The Hall–Kier alpha value is -2.61. The van der Waals surface area contributed by atoms with Gasteiger partial charge in [-0.15, -0.1) is 0 Å². The smallest absolute Gasteiger partial charge is 0.379 e. The number of nitrogens with zero attached hydrogens (tertiary/aromatic N) is 2. The van der Waals surface area contributed by atoms with Crippen LogP contribution in [0.1, 0.15) is 25.7 Å². The van der Waals surface area contributed by atoms with E-state index in [1.54, 1.807) is 6.08 Å². The van der Waals surface area contributed by atoms with Gasteiger partial charge in [0.2, 0.25) is 0 Å². The number of alkyl halides is 3. The number of ether oxygens (including phenoxy) is 1. The Bertz CT molecular complexity index is 1430. The van der Waals surface area contributed by atoms with Crippen molar-refractivity contribution >= 4 is 21.0 Å². The number of aliphatic hydroxyl groups is 2. The molecule has 0 saturated carbocycles. The standard InChI is InChI=1S/C20H27NO6S.C9H7N.CHF3/c1-21-9-8-19-13-4-5-15(22)18(19)27-20(7-2-10-28(24,25)26)16(23)6-3-12(17(19)20)11-14(13)21;1-2-6-9-8(4-1)5-3-7-10-9;2-1(3)4/h3-6,13-16,18,22-23H,2,7-11H2,1H3,(H,24,25,26);1-7H;1H/t13-,14+,15-,16?,18-,19-,20?;;/m0../s1.